The fourth-order valence-electron chi connectivity index (χ4n) is 1.74. The summed E-state index contributed by atoms with van der Waals surface area (Å²) >= 11 is 9.51. The van der Waals surface area contributed by atoms with Crippen molar-refractivity contribution in [3.63, 3.8) is 0 Å². The number of hydrogen-bond acceptors (Lipinski definition) is 3. The second-order valence-electron chi connectivity index (χ2n) is 4.40. The molecular formula is C14H15BrClFO2S. The molecule has 0 radical (unpaired) electrons. The van der Waals surface area contributed by atoms with Crippen LogP contribution in [-0.4, -0.2) is 10.4 Å². The number of rotatable bonds is 6. The van der Waals surface area contributed by atoms with E-state index in [4.69, 9.17) is 11.6 Å². The first kappa shape index (κ1) is 17.7. The molecule has 0 saturated carbocycles. The third kappa shape index (κ3) is 4.86. The molecule has 0 saturated heterocycles. The van der Waals surface area contributed by atoms with Crippen molar-refractivity contribution in [1.29, 1.82) is 0 Å². The lowest BCUT2D eigenvalue weighted by atomic mass is 10.0. The molecule has 0 aromatic heterocycles. The van der Waals surface area contributed by atoms with Gasteiger partial charge >= 0.3 is 0 Å². The normalized spacial score (nSPS) is 10.9. The van der Waals surface area contributed by atoms with E-state index in [0.29, 0.717) is 21.7 Å². The van der Waals surface area contributed by atoms with E-state index in [1.54, 1.807) is 0 Å². The topological polar surface area (TPSA) is 34.1 Å². The molecule has 0 fully saturated rings. The van der Waals surface area contributed by atoms with Gasteiger partial charge in [0.15, 0.2) is 5.12 Å². The molecule has 0 spiro atoms. The van der Waals surface area contributed by atoms with Crippen molar-refractivity contribution in [2.24, 2.45) is 5.92 Å². The van der Waals surface area contributed by atoms with Gasteiger partial charge in [0.25, 0.3) is 5.24 Å². The van der Waals surface area contributed by atoms with Crippen LogP contribution in [0.4, 0.5) is 4.39 Å². The molecular weight excluding hydrogens is 367 g/mol. The Morgan fingerprint density at radius 3 is 2.45 bits per heavy atom. The van der Waals surface area contributed by atoms with Crippen molar-refractivity contribution in [1.82, 2.24) is 0 Å². The maximum Gasteiger partial charge on any atom is 0.255 e. The van der Waals surface area contributed by atoms with E-state index in [2.05, 4.69) is 15.9 Å². The molecule has 0 aliphatic carbocycles. The molecule has 1 aromatic rings. The summed E-state index contributed by atoms with van der Waals surface area (Å²) in [5, 5.41) is -0.872. The van der Waals surface area contributed by atoms with Gasteiger partial charge in [-0.2, -0.15) is 0 Å². The highest BCUT2D eigenvalue weighted by Crippen LogP contribution is 2.33. The molecule has 20 heavy (non-hydrogen) atoms. The molecule has 6 heteroatoms. The molecule has 1 rings (SSSR count). The third-order valence-corrected chi connectivity index (χ3v) is 5.14. The average molecular weight is 382 g/mol. The van der Waals surface area contributed by atoms with E-state index in [-0.39, 0.29) is 10.7 Å². The summed E-state index contributed by atoms with van der Waals surface area (Å²) in [6.07, 6.45) is 2.35. The molecule has 0 aliphatic rings. The predicted molar refractivity (Wildman–Crippen MR) is 83.8 cm³/mol. The molecule has 0 unspecified atom stereocenters. The Morgan fingerprint density at radius 2 is 1.95 bits per heavy atom. The van der Waals surface area contributed by atoms with Gasteiger partial charge in [0.2, 0.25) is 0 Å². The molecule has 0 bridgehead atoms. The standard InChI is InChI=1S/C14H15BrClFO2S/c1-3-8(4-2)5-13(18)20-12-6-9(14(16)19)11(17)7-10(12)15/h6-8H,3-5H2,1-2H3. The first-order valence-corrected chi connectivity index (χ1v) is 8.27. The predicted octanol–water partition coefficient (Wildman–Crippen LogP) is 5.41. The largest absolute Gasteiger partial charge is 0.287 e. The Morgan fingerprint density at radius 1 is 1.35 bits per heavy atom. The van der Waals surface area contributed by atoms with E-state index in [0.717, 1.165) is 30.7 Å². The highest BCUT2D eigenvalue weighted by Gasteiger charge is 2.17. The van der Waals surface area contributed by atoms with Gasteiger partial charge in [-0.25, -0.2) is 4.39 Å². The van der Waals surface area contributed by atoms with Crippen molar-refractivity contribution >= 4 is 49.7 Å². The Labute approximate surface area is 135 Å². The first-order chi connectivity index (χ1) is 9.38. The number of hydrogen-bond donors (Lipinski definition) is 0. The quantitative estimate of drug-likeness (QED) is 0.488. The maximum atomic E-state index is 13.5. The van der Waals surface area contributed by atoms with E-state index >= 15 is 0 Å². The average Bonchev–Trinajstić information content (AvgIpc) is 2.38. The zero-order chi connectivity index (χ0) is 15.3. The summed E-state index contributed by atoms with van der Waals surface area (Å²) in [6.45, 7) is 4.09. The van der Waals surface area contributed by atoms with Crippen LogP contribution in [0.3, 0.4) is 0 Å². The van der Waals surface area contributed by atoms with Crippen molar-refractivity contribution < 1.29 is 14.0 Å². The minimum Gasteiger partial charge on any atom is -0.287 e. The van der Waals surface area contributed by atoms with Crippen LogP contribution < -0.4 is 0 Å². The van der Waals surface area contributed by atoms with Gasteiger partial charge in [-0.1, -0.05) is 38.5 Å². The van der Waals surface area contributed by atoms with Crippen molar-refractivity contribution in [2.75, 3.05) is 0 Å². The summed E-state index contributed by atoms with van der Waals surface area (Å²) in [5.41, 5.74) is -0.215. The molecule has 0 atom stereocenters. The molecule has 0 amide bonds. The lowest BCUT2D eigenvalue weighted by Crippen LogP contribution is -2.04. The van der Waals surface area contributed by atoms with Gasteiger partial charge in [-0.3, -0.25) is 9.59 Å². The first-order valence-electron chi connectivity index (χ1n) is 6.28. The molecule has 0 aliphatic heterocycles. The highest BCUT2D eigenvalue weighted by atomic mass is 79.9. The zero-order valence-electron chi connectivity index (χ0n) is 11.2. The van der Waals surface area contributed by atoms with E-state index in [1.165, 1.54) is 6.07 Å². The number of benzene rings is 1. The second kappa shape index (κ2) is 8.15. The highest BCUT2D eigenvalue weighted by molar-refractivity contribution is 9.10. The molecule has 110 valence electrons. The van der Waals surface area contributed by atoms with Crippen LogP contribution in [0.1, 0.15) is 43.5 Å². The van der Waals surface area contributed by atoms with E-state index in [1.807, 2.05) is 13.8 Å². The van der Waals surface area contributed by atoms with Crippen LogP contribution in [-0.2, 0) is 4.79 Å². The third-order valence-electron chi connectivity index (χ3n) is 3.07. The molecule has 1 aromatic carbocycles. The monoisotopic (exact) mass is 380 g/mol. The van der Waals surface area contributed by atoms with Crippen LogP contribution >= 0.6 is 39.3 Å². The summed E-state index contributed by atoms with van der Waals surface area (Å²) in [4.78, 5) is 23.6. The van der Waals surface area contributed by atoms with Crippen molar-refractivity contribution in [3.05, 3.63) is 28.0 Å². The van der Waals surface area contributed by atoms with Gasteiger partial charge in [-0.15, -0.1) is 0 Å². The Balaban J connectivity index is 2.89. The fraction of sp³-hybridized carbons (Fsp3) is 0.429. The van der Waals surface area contributed by atoms with Crippen LogP contribution in [0.15, 0.2) is 21.5 Å². The van der Waals surface area contributed by atoms with E-state index < -0.39 is 11.1 Å². The second-order valence-corrected chi connectivity index (χ2v) is 6.69. The molecule has 0 N–H and O–H groups in total. The lowest BCUT2D eigenvalue weighted by molar-refractivity contribution is -0.111. The fourth-order valence-corrected chi connectivity index (χ4v) is 3.34. The summed E-state index contributed by atoms with van der Waals surface area (Å²) < 4.78 is 14.0. The molecule has 2 nitrogen and oxygen atoms in total. The van der Waals surface area contributed by atoms with Crippen molar-refractivity contribution in [3.8, 4) is 0 Å². The molecule has 0 heterocycles. The summed E-state index contributed by atoms with van der Waals surface area (Å²) in [5.74, 6) is -0.350. The van der Waals surface area contributed by atoms with Gasteiger partial charge < -0.3 is 0 Å². The van der Waals surface area contributed by atoms with E-state index in [9.17, 15) is 14.0 Å². The number of carbonyl (C=O) groups is 2. The van der Waals surface area contributed by atoms with Gasteiger partial charge in [-0.05, 0) is 45.6 Å². The number of carbonyl (C=O) groups excluding carboxylic acids is 2. The van der Waals surface area contributed by atoms with Gasteiger partial charge in [0.1, 0.15) is 5.82 Å². The van der Waals surface area contributed by atoms with Crippen molar-refractivity contribution in [2.45, 2.75) is 38.0 Å². The van der Waals surface area contributed by atoms with Gasteiger partial charge in [0, 0.05) is 15.8 Å². The lowest BCUT2D eigenvalue weighted by Gasteiger charge is -2.11. The van der Waals surface area contributed by atoms with Crippen LogP contribution in [0, 0.1) is 11.7 Å². The Hall–Kier alpha value is -0.390. The summed E-state index contributed by atoms with van der Waals surface area (Å²) in [7, 11) is 0. The van der Waals surface area contributed by atoms with Crippen LogP contribution in [0.5, 0.6) is 0 Å². The van der Waals surface area contributed by atoms with Gasteiger partial charge in [0.05, 0.1) is 5.56 Å². The minimum atomic E-state index is -0.871. The summed E-state index contributed by atoms with van der Waals surface area (Å²) in [6, 6.07) is 2.46. The minimum absolute atomic E-state index is 0.000945. The van der Waals surface area contributed by atoms with Crippen LogP contribution in [0.2, 0.25) is 0 Å². The SMILES string of the molecule is CCC(CC)CC(=O)Sc1cc(C(=O)Cl)c(F)cc1Br. The number of halogens is 3. The Kier molecular flexibility index (Phi) is 7.20. The number of thioether (sulfide) groups is 1. The van der Waals surface area contributed by atoms with Crippen LogP contribution in [0.25, 0.3) is 0 Å². The Bertz CT molecular complexity index is 518. The smallest absolute Gasteiger partial charge is 0.255 e. The maximum absolute atomic E-state index is 13.5. The zero-order valence-corrected chi connectivity index (χ0v) is 14.4.